The summed E-state index contributed by atoms with van der Waals surface area (Å²) in [6.07, 6.45) is 0. The summed E-state index contributed by atoms with van der Waals surface area (Å²) in [6.45, 7) is 0. The summed E-state index contributed by atoms with van der Waals surface area (Å²) < 4.78 is 0. The van der Waals surface area contributed by atoms with Gasteiger partial charge in [-0.3, -0.25) is 4.90 Å². The topological polar surface area (TPSA) is 3.24 Å². The second kappa shape index (κ2) is 6.83. The highest BCUT2D eigenvalue weighted by molar-refractivity contribution is 6.19. The Hall–Kier alpha value is 0.830. The Labute approximate surface area is 60.0 Å². The lowest BCUT2D eigenvalue weighted by Gasteiger charge is -2.03. The van der Waals surface area contributed by atoms with Crippen molar-refractivity contribution < 1.29 is 0 Å². The van der Waals surface area contributed by atoms with E-state index in [1.807, 2.05) is 7.05 Å². The van der Waals surface area contributed by atoms with Gasteiger partial charge in [0, 0.05) is 0 Å². The first kappa shape index (κ1) is 10.7. The molecule has 0 atom stereocenters. The van der Waals surface area contributed by atoms with Crippen molar-refractivity contribution in [2.24, 2.45) is 0 Å². The number of alkyl halides is 2. The van der Waals surface area contributed by atoms with E-state index in [0.29, 0.717) is 12.0 Å². The maximum absolute atomic E-state index is 5.29. The molecule has 0 rings (SSSR count). The molecule has 0 bridgehead atoms. The number of halogens is 3. The molecule has 0 aromatic carbocycles. The molecule has 0 radical (unpaired) electrons. The van der Waals surface area contributed by atoms with Crippen LogP contribution in [0.1, 0.15) is 0 Å². The van der Waals surface area contributed by atoms with E-state index >= 15 is 0 Å². The molecule has 0 fully saturated rings. The Balaban J connectivity index is 0. The molecular formula is C3H8Cl3N. The van der Waals surface area contributed by atoms with Gasteiger partial charge in [-0.25, -0.2) is 0 Å². The largest absolute Gasteiger partial charge is 0.279 e. The number of nitrogens with zero attached hydrogens (tertiary/aromatic N) is 1. The number of hydrogen-bond acceptors (Lipinski definition) is 1. The van der Waals surface area contributed by atoms with Gasteiger partial charge in [0.1, 0.15) is 0 Å². The maximum Gasteiger partial charge on any atom is 0.0745 e. The van der Waals surface area contributed by atoms with Crippen LogP contribution in [0, 0.1) is 0 Å². The molecule has 46 valence electrons. The molecule has 0 heterocycles. The summed E-state index contributed by atoms with van der Waals surface area (Å²) in [6, 6.07) is 1.01. The van der Waals surface area contributed by atoms with Gasteiger partial charge in [-0.15, -0.1) is 35.6 Å². The summed E-state index contributed by atoms with van der Waals surface area (Å²) >= 11 is 10.6. The number of hydrogen-bond donors (Lipinski definition) is 0. The molecule has 1 nitrogen and oxygen atoms in total. The van der Waals surface area contributed by atoms with Gasteiger partial charge < -0.3 is 0 Å². The van der Waals surface area contributed by atoms with Crippen molar-refractivity contribution >= 4 is 35.6 Å². The average Bonchev–Trinajstić information content (AvgIpc) is 1.65. The van der Waals surface area contributed by atoms with E-state index in [0.717, 1.165) is 0 Å². The number of rotatable bonds is 2. The first-order valence-electron chi connectivity index (χ1n) is 1.61. The lowest BCUT2D eigenvalue weighted by atomic mass is 11.0. The highest BCUT2D eigenvalue weighted by Gasteiger charge is 1.85. The highest BCUT2D eigenvalue weighted by atomic mass is 35.5. The second-order valence-corrected chi connectivity index (χ2v) is 1.57. The molecular weight excluding hydrogens is 156 g/mol. The van der Waals surface area contributed by atoms with E-state index in [1.165, 1.54) is 0 Å². The summed E-state index contributed by atoms with van der Waals surface area (Å²) in [5.74, 6) is 0. The third-order valence-corrected chi connectivity index (χ3v) is 1.22. The fourth-order valence-corrected chi connectivity index (χ4v) is 0.287. The van der Waals surface area contributed by atoms with E-state index in [4.69, 9.17) is 23.2 Å². The van der Waals surface area contributed by atoms with Gasteiger partial charge in [-0.1, -0.05) is 0 Å². The van der Waals surface area contributed by atoms with Crippen molar-refractivity contribution in [1.82, 2.24) is 4.90 Å². The van der Waals surface area contributed by atoms with Crippen LogP contribution in [-0.4, -0.2) is 24.0 Å². The molecule has 0 spiro atoms. The minimum atomic E-state index is 0. The Kier molecular flexibility index (Phi) is 10.5. The standard InChI is InChI=1S/C3H7Cl2N.ClH/c1-6(2-4)3-5;/h2-3H2,1H3;1H. The molecule has 0 amide bonds. The predicted octanol–water partition coefficient (Wildman–Crippen LogP) is 1.73. The van der Waals surface area contributed by atoms with E-state index < -0.39 is 0 Å². The van der Waals surface area contributed by atoms with E-state index in [-0.39, 0.29) is 12.4 Å². The molecule has 0 saturated heterocycles. The maximum atomic E-state index is 5.29. The smallest absolute Gasteiger partial charge is 0.0745 e. The van der Waals surface area contributed by atoms with Gasteiger partial charge in [0.2, 0.25) is 0 Å². The minimum absolute atomic E-state index is 0. The van der Waals surface area contributed by atoms with Gasteiger partial charge in [-0.05, 0) is 7.05 Å². The van der Waals surface area contributed by atoms with Crippen molar-refractivity contribution in [2.75, 3.05) is 19.1 Å². The van der Waals surface area contributed by atoms with E-state index in [2.05, 4.69) is 0 Å². The monoisotopic (exact) mass is 163 g/mol. The van der Waals surface area contributed by atoms with Gasteiger partial charge in [-0.2, -0.15) is 0 Å². The molecule has 0 aliphatic heterocycles. The molecule has 0 aliphatic carbocycles. The lowest BCUT2D eigenvalue weighted by Crippen LogP contribution is -2.12. The Morgan fingerprint density at radius 3 is 1.57 bits per heavy atom. The fourth-order valence-electron chi connectivity index (χ4n) is 0.0319. The zero-order chi connectivity index (χ0) is 4.99. The van der Waals surface area contributed by atoms with Crippen molar-refractivity contribution in [1.29, 1.82) is 0 Å². The average molecular weight is 164 g/mol. The quantitative estimate of drug-likeness (QED) is 0.444. The minimum Gasteiger partial charge on any atom is -0.279 e. The second-order valence-electron chi connectivity index (χ2n) is 1.10. The SMILES string of the molecule is CN(CCl)CCl.Cl. The van der Waals surface area contributed by atoms with Crippen LogP contribution in [0.5, 0.6) is 0 Å². The van der Waals surface area contributed by atoms with E-state index in [9.17, 15) is 0 Å². The zero-order valence-electron chi connectivity index (χ0n) is 4.03. The molecule has 0 aliphatic rings. The van der Waals surface area contributed by atoms with Crippen LogP contribution in [0.15, 0.2) is 0 Å². The molecule has 0 unspecified atom stereocenters. The van der Waals surface area contributed by atoms with Gasteiger partial charge in [0.15, 0.2) is 0 Å². The zero-order valence-corrected chi connectivity index (χ0v) is 6.35. The molecule has 0 aromatic rings. The van der Waals surface area contributed by atoms with Crippen molar-refractivity contribution in [3.05, 3.63) is 0 Å². The summed E-state index contributed by atoms with van der Waals surface area (Å²) in [4.78, 5) is 1.78. The van der Waals surface area contributed by atoms with Gasteiger partial charge in [0.05, 0.1) is 12.0 Å². The van der Waals surface area contributed by atoms with Gasteiger partial charge in [0.25, 0.3) is 0 Å². The highest BCUT2D eigenvalue weighted by Crippen LogP contribution is 1.85. The van der Waals surface area contributed by atoms with Crippen LogP contribution in [0.2, 0.25) is 0 Å². The third-order valence-electron chi connectivity index (χ3n) is 0.408. The molecule has 0 aromatic heterocycles. The van der Waals surface area contributed by atoms with Crippen molar-refractivity contribution in [3.8, 4) is 0 Å². The molecule has 4 heteroatoms. The lowest BCUT2D eigenvalue weighted by molar-refractivity contribution is 0.457. The Morgan fingerprint density at radius 2 is 1.57 bits per heavy atom. The summed E-state index contributed by atoms with van der Waals surface area (Å²) in [5.41, 5.74) is 0. The van der Waals surface area contributed by atoms with Crippen molar-refractivity contribution in [2.45, 2.75) is 0 Å². The van der Waals surface area contributed by atoms with Crippen LogP contribution in [0.4, 0.5) is 0 Å². The first-order chi connectivity index (χ1) is 2.81. The first-order valence-corrected chi connectivity index (χ1v) is 2.68. The third kappa shape index (κ3) is 6.83. The molecule has 7 heavy (non-hydrogen) atoms. The van der Waals surface area contributed by atoms with Crippen LogP contribution >= 0.6 is 35.6 Å². The fraction of sp³-hybridized carbons (Fsp3) is 1.00. The Morgan fingerprint density at radius 1 is 1.29 bits per heavy atom. The summed E-state index contributed by atoms with van der Waals surface area (Å²) in [7, 11) is 1.85. The normalized spacial score (nSPS) is 8.57. The summed E-state index contributed by atoms with van der Waals surface area (Å²) in [5, 5.41) is 0. The Bertz CT molecular complexity index is 29.4. The van der Waals surface area contributed by atoms with Crippen molar-refractivity contribution in [3.63, 3.8) is 0 Å². The van der Waals surface area contributed by atoms with Crippen LogP contribution < -0.4 is 0 Å². The van der Waals surface area contributed by atoms with E-state index in [1.54, 1.807) is 4.90 Å². The molecule has 0 N–H and O–H groups in total. The van der Waals surface area contributed by atoms with Gasteiger partial charge >= 0.3 is 0 Å². The predicted molar refractivity (Wildman–Crippen MR) is 36.5 cm³/mol. The molecule has 0 saturated carbocycles. The van der Waals surface area contributed by atoms with Crippen LogP contribution in [-0.2, 0) is 0 Å². The van der Waals surface area contributed by atoms with Crippen LogP contribution in [0.25, 0.3) is 0 Å². The van der Waals surface area contributed by atoms with Crippen LogP contribution in [0.3, 0.4) is 0 Å².